The quantitative estimate of drug-likeness (QED) is 0.922. The molecule has 21 heavy (non-hydrogen) atoms. The van der Waals surface area contributed by atoms with Gasteiger partial charge in [0.2, 0.25) is 5.78 Å². The maximum atomic E-state index is 12.7. The number of allylic oxidation sites excluding steroid dienone is 1. The number of rotatable bonds is 3. The molecular formula is C17H20N2O2. The molecule has 0 radical (unpaired) electrons. The van der Waals surface area contributed by atoms with Crippen molar-refractivity contribution >= 4 is 11.6 Å². The molecule has 0 spiro atoms. The number of nitrogens with zero attached hydrogens (tertiary/aromatic N) is 1. The molecule has 1 heterocycles. The number of likely N-dealkylation sites (tertiary alicyclic amines) is 1. The summed E-state index contributed by atoms with van der Waals surface area (Å²) in [5.74, 6) is -0.0835. The topological polar surface area (TPSA) is 49.4 Å². The van der Waals surface area contributed by atoms with Crippen molar-refractivity contribution in [1.82, 2.24) is 10.2 Å². The van der Waals surface area contributed by atoms with Crippen molar-refractivity contribution in [2.45, 2.75) is 19.3 Å². The van der Waals surface area contributed by atoms with Gasteiger partial charge in [-0.15, -0.1) is 0 Å². The second-order valence-corrected chi connectivity index (χ2v) is 5.64. The number of Topliss-reactive ketones (excluding diaryl/α,β-unsaturated/α-hetero) is 2. The molecule has 4 nitrogen and oxygen atoms in total. The molecule has 1 N–H and O–H groups in total. The van der Waals surface area contributed by atoms with Crippen LogP contribution < -0.4 is 5.32 Å². The molecule has 0 aromatic heterocycles. The van der Waals surface area contributed by atoms with Crippen molar-refractivity contribution in [3.8, 4) is 0 Å². The Bertz CT molecular complexity index is 613. The largest absolute Gasteiger partial charge is 0.385 e. The van der Waals surface area contributed by atoms with Gasteiger partial charge in [-0.2, -0.15) is 0 Å². The van der Waals surface area contributed by atoms with E-state index in [0.29, 0.717) is 28.9 Å². The standard InChI is InChI=1S/C17H20N2O2/c1-18-15-14(11-19-9-5-2-6-10-19)16(20)12-7-3-4-8-13(12)17(15)21/h3-4,7-8,18H,2,5-6,9-11H2,1H3. The highest BCUT2D eigenvalue weighted by molar-refractivity contribution is 6.26. The summed E-state index contributed by atoms with van der Waals surface area (Å²) in [6.07, 6.45) is 3.59. The fraction of sp³-hybridized carbons (Fsp3) is 0.412. The molecule has 0 atom stereocenters. The van der Waals surface area contributed by atoms with E-state index in [-0.39, 0.29) is 11.6 Å². The van der Waals surface area contributed by atoms with Crippen molar-refractivity contribution in [2.24, 2.45) is 0 Å². The van der Waals surface area contributed by atoms with Gasteiger partial charge in [0.05, 0.1) is 5.70 Å². The first-order valence-corrected chi connectivity index (χ1v) is 7.54. The predicted molar refractivity (Wildman–Crippen MR) is 81.5 cm³/mol. The molecule has 0 unspecified atom stereocenters. The summed E-state index contributed by atoms with van der Waals surface area (Å²) in [6.45, 7) is 2.57. The molecule has 2 aliphatic rings. The molecule has 110 valence electrons. The number of ketones is 2. The summed E-state index contributed by atoms with van der Waals surface area (Å²) in [5.41, 5.74) is 2.12. The van der Waals surface area contributed by atoms with E-state index in [1.54, 1.807) is 25.2 Å². The maximum absolute atomic E-state index is 12.7. The third-order valence-electron chi connectivity index (χ3n) is 4.30. The highest BCUT2D eigenvalue weighted by Crippen LogP contribution is 2.26. The molecule has 1 aromatic rings. The molecule has 0 amide bonds. The Morgan fingerprint density at radius 3 is 2.24 bits per heavy atom. The van der Waals surface area contributed by atoms with Crippen LogP contribution in [0.1, 0.15) is 40.0 Å². The number of hydrogen-bond donors (Lipinski definition) is 1. The molecular weight excluding hydrogens is 264 g/mol. The summed E-state index contributed by atoms with van der Waals surface area (Å²) in [4.78, 5) is 27.6. The predicted octanol–water partition coefficient (Wildman–Crippen LogP) is 2.03. The Hall–Kier alpha value is -1.94. The summed E-state index contributed by atoms with van der Waals surface area (Å²) in [7, 11) is 1.71. The van der Waals surface area contributed by atoms with Gasteiger partial charge in [0.25, 0.3) is 0 Å². The lowest BCUT2D eigenvalue weighted by Gasteiger charge is -2.29. The number of fused-ring (bicyclic) bond motifs is 1. The summed E-state index contributed by atoms with van der Waals surface area (Å²) >= 11 is 0. The van der Waals surface area contributed by atoms with Crippen molar-refractivity contribution in [3.05, 3.63) is 46.7 Å². The van der Waals surface area contributed by atoms with Crippen LogP contribution in [0.2, 0.25) is 0 Å². The Labute approximate surface area is 124 Å². The van der Waals surface area contributed by atoms with E-state index in [4.69, 9.17) is 0 Å². The van der Waals surface area contributed by atoms with Gasteiger partial charge in [0.15, 0.2) is 5.78 Å². The minimum absolute atomic E-state index is 0.0138. The zero-order valence-electron chi connectivity index (χ0n) is 12.3. The minimum Gasteiger partial charge on any atom is -0.385 e. The van der Waals surface area contributed by atoms with Crippen molar-refractivity contribution in [3.63, 3.8) is 0 Å². The maximum Gasteiger partial charge on any atom is 0.210 e. The van der Waals surface area contributed by atoms with Crippen molar-refractivity contribution in [1.29, 1.82) is 0 Å². The number of nitrogens with one attached hydrogen (secondary N) is 1. The number of carbonyl (C=O) groups is 2. The van der Waals surface area contributed by atoms with Crippen LogP contribution >= 0.6 is 0 Å². The number of hydrogen-bond acceptors (Lipinski definition) is 4. The average molecular weight is 284 g/mol. The zero-order chi connectivity index (χ0) is 14.8. The van der Waals surface area contributed by atoms with Crippen LogP contribution in [-0.2, 0) is 0 Å². The van der Waals surface area contributed by atoms with Crippen LogP contribution in [0, 0.1) is 0 Å². The molecule has 3 rings (SSSR count). The van der Waals surface area contributed by atoms with Crippen LogP contribution in [-0.4, -0.2) is 43.1 Å². The fourth-order valence-electron chi connectivity index (χ4n) is 3.18. The zero-order valence-corrected chi connectivity index (χ0v) is 12.3. The smallest absolute Gasteiger partial charge is 0.210 e. The Morgan fingerprint density at radius 1 is 1.00 bits per heavy atom. The van der Waals surface area contributed by atoms with Gasteiger partial charge in [0.1, 0.15) is 0 Å². The molecule has 0 bridgehead atoms. The number of benzene rings is 1. The third-order valence-corrected chi connectivity index (χ3v) is 4.30. The number of piperidine rings is 1. The SMILES string of the molecule is CNC1=C(CN2CCCCC2)C(=O)c2ccccc2C1=O. The molecule has 1 aliphatic heterocycles. The van der Waals surface area contributed by atoms with Gasteiger partial charge < -0.3 is 5.32 Å². The van der Waals surface area contributed by atoms with Crippen LogP contribution in [0.15, 0.2) is 35.5 Å². The fourth-order valence-corrected chi connectivity index (χ4v) is 3.18. The number of likely N-dealkylation sites (N-methyl/N-ethyl adjacent to an activating group) is 1. The Kier molecular flexibility index (Phi) is 3.88. The van der Waals surface area contributed by atoms with E-state index in [0.717, 1.165) is 13.1 Å². The first kappa shape index (κ1) is 14.0. The van der Waals surface area contributed by atoms with E-state index in [9.17, 15) is 9.59 Å². The van der Waals surface area contributed by atoms with Crippen LogP contribution in [0.25, 0.3) is 0 Å². The average Bonchev–Trinajstić information content (AvgIpc) is 2.54. The van der Waals surface area contributed by atoms with Crippen LogP contribution in [0.5, 0.6) is 0 Å². The van der Waals surface area contributed by atoms with Gasteiger partial charge in [-0.05, 0) is 25.9 Å². The Morgan fingerprint density at radius 2 is 1.62 bits per heavy atom. The minimum atomic E-state index is -0.0697. The molecule has 1 saturated heterocycles. The van der Waals surface area contributed by atoms with E-state index >= 15 is 0 Å². The Balaban J connectivity index is 1.96. The third kappa shape index (κ3) is 2.51. The summed E-state index contributed by atoms with van der Waals surface area (Å²) in [6, 6.07) is 7.09. The highest BCUT2D eigenvalue weighted by Gasteiger charge is 2.32. The lowest BCUT2D eigenvalue weighted by Crippen LogP contribution is -2.37. The first-order valence-electron chi connectivity index (χ1n) is 7.54. The summed E-state index contributed by atoms with van der Waals surface area (Å²) < 4.78 is 0. The van der Waals surface area contributed by atoms with E-state index in [1.807, 2.05) is 6.07 Å². The molecule has 0 saturated carbocycles. The second kappa shape index (κ2) is 5.82. The molecule has 1 aliphatic carbocycles. The normalized spacial score (nSPS) is 19.7. The van der Waals surface area contributed by atoms with Crippen molar-refractivity contribution < 1.29 is 9.59 Å². The van der Waals surface area contributed by atoms with E-state index in [2.05, 4.69) is 10.2 Å². The highest BCUT2D eigenvalue weighted by atomic mass is 16.1. The first-order chi connectivity index (χ1) is 10.2. The van der Waals surface area contributed by atoms with Gasteiger partial charge in [-0.25, -0.2) is 0 Å². The van der Waals surface area contributed by atoms with Gasteiger partial charge in [-0.3, -0.25) is 14.5 Å². The van der Waals surface area contributed by atoms with Crippen LogP contribution in [0.4, 0.5) is 0 Å². The molecule has 4 heteroatoms. The van der Waals surface area contributed by atoms with Gasteiger partial charge >= 0.3 is 0 Å². The second-order valence-electron chi connectivity index (χ2n) is 5.64. The van der Waals surface area contributed by atoms with Gasteiger partial charge in [-0.1, -0.05) is 30.7 Å². The monoisotopic (exact) mass is 284 g/mol. The van der Waals surface area contributed by atoms with Gasteiger partial charge in [0, 0.05) is 30.3 Å². The van der Waals surface area contributed by atoms with E-state index in [1.165, 1.54) is 19.3 Å². The summed E-state index contributed by atoms with van der Waals surface area (Å²) in [5, 5.41) is 2.95. The number of carbonyl (C=O) groups excluding carboxylic acids is 2. The van der Waals surface area contributed by atoms with E-state index < -0.39 is 0 Å². The van der Waals surface area contributed by atoms with Crippen LogP contribution in [0.3, 0.4) is 0 Å². The molecule has 1 fully saturated rings. The lowest BCUT2D eigenvalue weighted by atomic mass is 9.86. The molecule has 1 aromatic carbocycles. The van der Waals surface area contributed by atoms with Crippen molar-refractivity contribution in [2.75, 3.05) is 26.7 Å². The lowest BCUT2D eigenvalue weighted by molar-refractivity contribution is 0.0959.